The molecule has 11 rings (SSSR count). The summed E-state index contributed by atoms with van der Waals surface area (Å²) in [6.07, 6.45) is 19.6. The van der Waals surface area contributed by atoms with Gasteiger partial charge >= 0.3 is 33.5 Å². The SMILES string of the molecule is C#Cc1cnn(C)c1.CC1Cc2cc(C#Cc3cnn(C)c3)ccc2C(c2c(F)cc(/C=C/C(=O)O)cc2F)N1CC(C)(C)F.COC(=O)/C=C/c1cc(F)c(C2c3ccc(O)cc3CC(C)N2CC(C)(C)F)c(F)c1.COC(=O)/C=C/c1cc(F)c(C2c3ccc(OS(=O)(=O)C(F)(F)F)cc3CC(C)N2CC(C)(C)F)c(F)c1. The first-order valence-corrected chi connectivity index (χ1v) is 36.9. The predicted molar refractivity (Wildman–Crippen MR) is 405 cm³/mol. The normalized spacial score (nSPS) is 18.0. The molecule has 8 aromatic rings. The number of nitrogens with zero attached hydrogens (tertiary/aromatic N) is 7. The van der Waals surface area contributed by atoms with Crippen LogP contribution in [0.5, 0.6) is 11.5 Å². The number of hydrogen-bond donors (Lipinski definition) is 2. The number of carbonyl (C=O) groups is 3. The topological polar surface area (TPSA) is 199 Å². The summed E-state index contributed by atoms with van der Waals surface area (Å²) in [4.78, 5) is 38.5. The van der Waals surface area contributed by atoms with Crippen molar-refractivity contribution >= 4 is 46.3 Å². The molecule has 3 aliphatic rings. The minimum absolute atomic E-state index is 0.0108. The Bertz CT molecular complexity index is 5130. The summed E-state index contributed by atoms with van der Waals surface area (Å²) < 4.78 is 214. The first kappa shape index (κ1) is 88.6. The number of ether oxygens (including phenoxy) is 2. The molecule has 2 N–H and O–H groups in total. The third-order valence-electron chi connectivity index (χ3n) is 18.4. The molecule has 0 bridgehead atoms. The van der Waals surface area contributed by atoms with Crippen molar-refractivity contribution in [2.24, 2.45) is 14.1 Å². The highest BCUT2D eigenvalue weighted by Gasteiger charge is 2.49. The van der Waals surface area contributed by atoms with E-state index in [1.807, 2.05) is 34.0 Å². The van der Waals surface area contributed by atoms with E-state index in [0.717, 1.165) is 114 Å². The van der Waals surface area contributed by atoms with Crippen LogP contribution in [0.2, 0.25) is 0 Å². The highest BCUT2D eigenvalue weighted by atomic mass is 32.2. The smallest absolute Gasteiger partial charge is 0.508 e. The molecule has 2 aromatic heterocycles. The summed E-state index contributed by atoms with van der Waals surface area (Å²) in [6, 6.07) is 15.9. The molecule has 6 unspecified atom stereocenters. The Morgan fingerprint density at radius 2 is 0.860 bits per heavy atom. The zero-order valence-corrected chi connectivity index (χ0v) is 65.3. The molecule has 6 aromatic carbocycles. The van der Waals surface area contributed by atoms with Crippen LogP contribution in [0.25, 0.3) is 18.2 Å². The summed E-state index contributed by atoms with van der Waals surface area (Å²) in [5, 5.41) is 26.7. The van der Waals surface area contributed by atoms with E-state index >= 15 is 26.3 Å². The van der Waals surface area contributed by atoms with Crippen molar-refractivity contribution in [3.8, 4) is 35.7 Å². The van der Waals surface area contributed by atoms with Crippen molar-refractivity contribution in [1.29, 1.82) is 0 Å². The van der Waals surface area contributed by atoms with Gasteiger partial charge < -0.3 is 23.9 Å². The van der Waals surface area contributed by atoms with E-state index in [-0.39, 0.29) is 82.8 Å². The van der Waals surface area contributed by atoms with Crippen molar-refractivity contribution in [3.63, 3.8) is 0 Å². The molecule has 0 fully saturated rings. The highest BCUT2D eigenvalue weighted by molar-refractivity contribution is 7.88. The maximum atomic E-state index is 15.5. The maximum Gasteiger partial charge on any atom is 0.534 e. The lowest BCUT2D eigenvalue weighted by Gasteiger charge is -2.44. The van der Waals surface area contributed by atoms with Crippen molar-refractivity contribution in [3.05, 3.63) is 252 Å². The van der Waals surface area contributed by atoms with Gasteiger partial charge in [0.1, 0.15) is 63.4 Å². The number of methoxy groups -OCH3 is 2. The van der Waals surface area contributed by atoms with E-state index in [9.17, 15) is 54.3 Å². The number of aliphatic carboxylic acids is 1. The molecule has 0 aliphatic carbocycles. The van der Waals surface area contributed by atoms with E-state index in [4.69, 9.17) is 11.5 Å². The number of rotatable bonds is 17. The Labute approximate surface area is 653 Å². The molecule has 0 saturated carbocycles. The number of alkyl halides is 6. The minimum atomic E-state index is -5.94. The highest BCUT2D eigenvalue weighted by Crippen LogP contribution is 2.46. The van der Waals surface area contributed by atoms with Crippen LogP contribution in [-0.2, 0) is 67.3 Å². The summed E-state index contributed by atoms with van der Waals surface area (Å²) >= 11 is 0. The number of aromatic hydroxyl groups is 1. The van der Waals surface area contributed by atoms with Crippen molar-refractivity contribution in [2.75, 3.05) is 33.9 Å². The van der Waals surface area contributed by atoms with Crippen LogP contribution in [-0.4, -0.2) is 145 Å². The number of aryl methyl sites for hydroxylation is 2. The van der Waals surface area contributed by atoms with Crippen LogP contribution in [0.15, 0.2) is 134 Å². The number of esters is 2. The molecule has 0 spiro atoms. The zero-order valence-electron chi connectivity index (χ0n) is 64.5. The second-order valence-electron chi connectivity index (χ2n) is 29.5. The summed E-state index contributed by atoms with van der Waals surface area (Å²) in [7, 11) is 0.0397. The molecule has 0 saturated heterocycles. The number of terminal acetylenes is 1. The lowest BCUT2D eigenvalue weighted by Crippen LogP contribution is -2.48. The number of carbonyl (C=O) groups excluding carboxylic acids is 2. The van der Waals surface area contributed by atoms with Gasteiger partial charge in [0.15, 0.2) is 0 Å². The molecule has 606 valence electrons. The van der Waals surface area contributed by atoms with Crippen LogP contribution in [0.4, 0.5) is 52.7 Å². The monoisotopic (exact) mass is 1610 g/mol. The molecule has 5 heterocycles. The fourth-order valence-electron chi connectivity index (χ4n) is 13.7. The average molecular weight is 1610 g/mol. The van der Waals surface area contributed by atoms with Gasteiger partial charge in [-0.3, -0.25) is 24.1 Å². The van der Waals surface area contributed by atoms with Crippen molar-refractivity contribution in [1.82, 2.24) is 34.3 Å². The van der Waals surface area contributed by atoms with Crippen LogP contribution < -0.4 is 4.18 Å². The van der Waals surface area contributed by atoms with Crippen LogP contribution >= 0.6 is 0 Å². The van der Waals surface area contributed by atoms with Gasteiger partial charge in [-0.15, -0.1) is 6.42 Å². The number of carboxylic acid groups (broad SMARTS) is 1. The lowest BCUT2D eigenvalue weighted by molar-refractivity contribution is -0.135. The zero-order chi connectivity index (χ0) is 84.4. The molecule has 6 atom stereocenters. The molecule has 114 heavy (non-hydrogen) atoms. The number of benzene rings is 6. The van der Waals surface area contributed by atoms with Crippen molar-refractivity contribution in [2.45, 2.75) is 140 Å². The van der Waals surface area contributed by atoms with Gasteiger partial charge in [-0.05, 0) is 223 Å². The summed E-state index contributed by atoms with van der Waals surface area (Å²) in [6.45, 7) is 13.4. The molecular formula is C84H85F12N7O10S. The molecule has 17 nitrogen and oxygen atoms in total. The summed E-state index contributed by atoms with van der Waals surface area (Å²) in [5.74, 6) is 0.197. The number of aromatic nitrogens is 4. The van der Waals surface area contributed by atoms with Gasteiger partial charge in [0.25, 0.3) is 0 Å². The Morgan fingerprint density at radius 3 is 1.19 bits per heavy atom. The Balaban J connectivity index is 0.000000204. The van der Waals surface area contributed by atoms with Gasteiger partial charge in [0, 0.05) is 105 Å². The third-order valence-corrected chi connectivity index (χ3v) is 19.3. The predicted octanol–water partition coefficient (Wildman–Crippen LogP) is 16.1. The maximum absolute atomic E-state index is 15.5. The first-order chi connectivity index (χ1) is 53.2. The first-order valence-electron chi connectivity index (χ1n) is 35.4. The number of fused-ring (bicyclic) bond motifs is 3. The summed E-state index contributed by atoms with van der Waals surface area (Å²) in [5.41, 5.74) is -5.40. The number of phenolic OH excluding ortho intramolecular Hbond substituents is 1. The number of hydrogen-bond acceptors (Lipinski definition) is 14. The number of phenols is 1. The van der Waals surface area contributed by atoms with Gasteiger partial charge in [-0.1, -0.05) is 36.0 Å². The van der Waals surface area contributed by atoms with Crippen LogP contribution in [0, 0.1) is 59.1 Å². The fourth-order valence-corrected chi connectivity index (χ4v) is 14.1. The van der Waals surface area contributed by atoms with E-state index in [1.54, 1.807) is 75.1 Å². The van der Waals surface area contributed by atoms with E-state index in [1.165, 1.54) is 71.8 Å². The molecular weight excluding hydrogens is 1530 g/mol. The Kier molecular flexibility index (Phi) is 28.4. The largest absolute Gasteiger partial charge is 0.534 e. The fraction of sp³-hybridized carbons (Fsp3) is 0.345. The lowest BCUT2D eigenvalue weighted by atomic mass is 9.83. The minimum Gasteiger partial charge on any atom is -0.508 e. The second-order valence-corrected chi connectivity index (χ2v) is 31.0. The number of halogens is 12. The van der Waals surface area contributed by atoms with Crippen LogP contribution in [0.3, 0.4) is 0 Å². The van der Waals surface area contributed by atoms with Gasteiger partial charge in [0.2, 0.25) is 0 Å². The van der Waals surface area contributed by atoms with E-state index < -0.39 is 121 Å². The van der Waals surface area contributed by atoms with Gasteiger partial charge in [0.05, 0.1) is 55.9 Å². The quantitative estimate of drug-likeness (QED) is 0.0218. The number of carboxylic acids is 1. The van der Waals surface area contributed by atoms with E-state index in [0.29, 0.717) is 24.0 Å². The van der Waals surface area contributed by atoms with Gasteiger partial charge in [-0.2, -0.15) is 31.8 Å². The molecule has 3 aliphatic heterocycles. The van der Waals surface area contributed by atoms with Crippen molar-refractivity contribution < 1.29 is 99.4 Å². The Hall–Kier alpha value is -10.9. The van der Waals surface area contributed by atoms with Crippen LogP contribution in [0.1, 0.15) is 164 Å². The third kappa shape index (κ3) is 23.2. The molecule has 0 amide bonds. The Morgan fingerprint density at radius 1 is 0.518 bits per heavy atom. The van der Waals surface area contributed by atoms with Gasteiger partial charge in [-0.25, -0.2) is 53.9 Å². The molecule has 0 radical (unpaired) electrons. The molecule has 30 heteroatoms. The average Bonchev–Trinajstić information content (AvgIpc) is 0.811. The standard InChI is InChI=1S/C29H28F3N3O2.C25H25F6NO5S.C24H26F3NO3.C6H6N2/c1-18-11-22-12-19(5-6-21-15-33-34(4)16-21)7-9-23(22)28(35(18)17-29(2,3)32)27-24(30)13-20(14-25(27)31)8-10-26(36)37;1-14-9-16-12-17(37-38(34,35)25(29,30)31)6-7-18(16)23(32(14)13-24(2,3)28)22-19(26)10-15(11-20(22)27)5-8-21(33)36-4;1-14-9-16-12-17(29)6-7-18(16)23(28(14)13-24(2,3)27)22-19(25)10-15(11-20(22)26)5-8-21(30)31-4;1-3-6-4-7-8(2)5-6/h7-10,12-16,18,28H,11,17H2,1-4H3,(H,36,37);5-8,10-12,14,23H,9,13H2,1-4H3;5-8,10-12,14,23,29H,9,13H2,1-4H3;1,4-5H,2H3/b10-8+;2*8-5+;. The van der Waals surface area contributed by atoms with E-state index in [2.05, 4.69) is 41.6 Å². The second kappa shape index (κ2) is 36.5.